The second kappa shape index (κ2) is 9.32. The van der Waals surface area contributed by atoms with Crippen LogP contribution in [0, 0.1) is 0 Å². The number of imidazole rings is 1. The summed E-state index contributed by atoms with van der Waals surface area (Å²) in [4.78, 5) is 13.5. The van der Waals surface area contributed by atoms with Crippen molar-refractivity contribution in [3.05, 3.63) is 108 Å². The van der Waals surface area contributed by atoms with Crippen LogP contribution in [-0.2, 0) is 12.8 Å². The van der Waals surface area contributed by atoms with E-state index in [-0.39, 0.29) is 0 Å². The van der Waals surface area contributed by atoms with E-state index in [0.29, 0.717) is 0 Å². The number of nitrogens with one attached hydrogen (secondary N) is 1. The monoisotopic (exact) mass is 446 g/mol. The molecule has 1 N–H and O–H groups in total. The first-order chi connectivity index (χ1) is 16.8. The molecule has 1 aromatic heterocycles. The SMILES string of the molecule is c1ccc(N2CCN(CCc3ccc4nc(Cc5cccc6ccccc56)[nH]c4c3)CC2)cc1. The molecule has 170 valence electrons. The highest BCUT2D eigenvalue weighted by molar-refractivity contribution is 5.86. The fourth-order valence-corrected chi connectivity index (χ4v) is 5.13. The van der Waals surface area contributed by atoms with Crippen LogP contribution in [0.4, 0.5) is 5.69 Å². The molecule has 0 unspecified atom stereocenters. The first-order valence-electron chi connectivity index (χ1n) is 12.3. The zero-order valence-electron chi connectivity index (χ0n) is 19.5. The molecule has 1 aliphatic heterocycles. The number of aromatic amines is 1. The highest BCUT2D eigenvalue weighted by Gasteiger charge is 2.17. The van der Waals surface area contributed by atoms with Crippen LogP contribution in [0.5, 0.6) is 0 Å². The summed E-state index contributed by atoms with van der Waals surface area (Å²) in [5.41, 5.74) is 6.22. The van der Waals surface area contributed by atoms with E-state index in [4.69, 9.17) is 4.98 Å². The van der Waals surface area contributed by atoms with Gasteiger partial charge in [0, 0.05) is 44.8 Å². The minimum atomic E-state index is 0.817. The van der Waals surface area contributed by atoms with Crippen LogP contribution in [0.25, 0.3) is 21.8 Å². The van der Waals surface area contributed by atoms with Gasteiger partial charge in [-0.05, 0) is 52.6 Å². The van der Waals surface area contributed by atoms with E-state index in [1.54, 1.807) is 0 Å². The van der Waals surface area contributed by atoms with Gasteiger partial charge in [0.25, 0.3) is 0 Å². The molecule has 34 heavy (non-hydrogen) atoms. The molecule has 0 atom stereocenters. The molecule has 4 heteroatoms. The van der Waals surface area contributed by atoms with Crippen LogP contribution in [-0.4, -0.2) is 47.6 Å². The Hall–Kier alpha value is -3.63. The van der Waals surface area contributed by atoms with Gasteiger partial charge in [-0.2, -0.15) is 0 Å². The number of nitrogens with zero attached hydrogens (tertiary/aromatic N) is 3. The van der Waals surface area contributed by atoms with Gasteiger partial charge in [0.2, 0.25) is 0 Å². The molecule has 0 radical (unpaired) electrons. The molecule has 0 aliphatic carbocycles. The number of hydrogen-bond donors (Lipinski definition) is 1. The van der Waals surface area contributed by atoms with Gasteiger partial charge in [-0.15, -0.1) is 0 Å². The maximum atomic E-state index is 4.87. The number of hydrogen-bond acceptors (Lipinski definition) is 3. The molecule has 6 rings (SSSR count). The highest BCUT2D eigenvalue weighted by Crippen LogP contribution is 2.22. The molecule has 1 fully saturated rings. The quantitative estimate of drug-likeness (QED) is 0.365. The molecule has 0 amide bonds. The Kier molecular flexibility index (Phi) is 5.74. The predicted molar refractivity (Wildman–Crippen MR) is 142 cm³/mol. The van der Waals surface area contributed by atoms with Crippen LogP contribution < -0.4 is 4.90 Å². The van der Waals surface area contributed by atoms with Gasteiger partial charge in [0.1, 0.15) is 5.82 Å². The molecule has 4 aromatic carbocycles. The van der Waals surface area contributed by atoms with Gasteiger partial charge in [-0.25, -0.2) is 4.98 Å². The van der Waals surface area contributed by atoms with Crippen molar-refractivity contribution in [2.24, 2.45) is 0 Å². The molecule has 4 nitrogen and oxygen atoms in total. The second-order valence-corrected chi connectivity index (χ2v) is 9.26. The zero-order valence-corrected chi connectivity index (χ0v) is 19.5. The molecule has 0 spiro atoms. The van der Waals surface area contributed by atoms with Crippen molar-refractivity contribution in [2.75, 3.05) is 37.6 Å². The van der Waals surface area contributed by atoms with Crippen LogP contribution in [0.2, 0.25) is 0 Å². The summed E-state index contributed by atoms with van der Waals surface area (Å²) in [6, 6.07) is 32.5. The lowest BCUT2D eigenvalue weighted by atomic mass is 10.0. The van der Waals surface area contributed by atoms with E-state index in [9.17, 15) is 0 Å². The maximum Gasteiger partial charge on any atom is 0.111 e. The Bertz CT molecular complexity index is 1390. The van der Waals surface area contributed by atoms with E-state index < -0.39 is 0 Å². The number of benzene rings is 4. The third-order valence-corrected chi connectivity index (χ3v) is 7.04. The maximum absolute atomic E-state index is 4.87. The molecule has 2 heterocycles. The number of rotatable bonds is 6. The molecule has 0 bridgehead atoms. The van der Waals surface area contributed by atoms with Crippen molar-refractivity contribution >= 4 is 27.5 Å². The number of H-pyrrole nitrogens is 1. The number of para-hydroxylation sites is 1. The van der Waals surface area contributed by atoms with E-state index in [1.807, 2.05) is 0 Å². The number of piperazine rings is 1. The number of fused-ring (bicyclic) bond motifs is 2. The van der Waals surface area contributed by atoms with E-state index >= 15 is 0 Å². The zero-order chi connectivity index (χ0) is 22.7. The summed E-state index contributed by atoms with van der Waals surface area (Å²) in [5, 5.41) is 2.58. The Morgan fingerprint density at radius 3 is 2.44 bits per heavy atom. The van der Waals surface area contributed by atoms with Crippen molar-refractivity contribution in [1.82, 2.24) is 14.9 Å². The van der Waals surface area contributed by atoms with Gasteiger partial charge in [-0.3, -0.25) is 4.90 Å². The van der Waals surface area contributed by atoms with E-state index in [1.165, 1.54) is 27.6 Å². The summed E-state index contributed by atoms with van der Waals surface area (Å²) in [6.45, 7) is 5.54. The second-order valence-electron chi connectivity index (χ2n) is 9.26. The van der Waals surface area contributed by atoms with Gasteiger partial charge in [0.15, 0.2) is 0 Å². The Morgan fingerprint density at radius 2 is 1.56 bits per heavy atom. The summed E-state index contributed by atoms with van der Waals surface area (Å²) < 4.78 is 0. The summed E-state index contributed by atoms with van der Waals surface area (Å²) in [7, 11) is 0. The summed E-state index contributed by atoms with van der Waals surface area (Å²) in [5.74, 6) is 1.03. The third kappa shape index (κ3) is 4.42. The molecular formula is C30H30N4. The first-order valence-corrected chi connectivity index (χ1v) is 12.3. The van der Waals surface area contributed by atoms with Crippen LogP contribution >= 0.6 is 0 Å². The van der Waals surface area contributed by atoms with Gasteiger partial charge < -0.3 is 9.88 Å². The van der Waals surface area contributed by atoms with Crippen LogP contribution in [0.15, 0.2) is 91.0 Å². The Labute approximate surface area is 200 Å². The van der Waals surface area contributed by atoms with Crippen LogP contribution in [0.3, 0.4) is 0 Å². The van der Waals surface area contributed by atoms with Gasteiger partial charge in [0.05, 0.1) is 11.0 Å². The van der Waals surface area contributed by atoms with Crippen molar-refractivity contribution in [3.63, 3.8) is 0 Å². The summed E-state index contributed by atoms with van der Waals surface area (Å²) >= 11 is 0. The van der Waals surface area contributed by atoms with E-state index in [0.717, 1.165) is 62.4 Å². The standard InChI is InChI=1S/C30H30N4/c1-2-10-26(11-3-1)34-19-17-33(18-20-34)16-15-23-13-14-28-29(21-23)32-30(31-28)22-25-9-6-8-24-7-4-5-12-27(24)25/h1-14,21H,15-20,22H2,(H,31,32). The Morgan fingerprint density at radius 1 is 0.765 bits per heavy atom. The lowest BCUT2D eigenvalue weighted by Gasteiger charge is -2.36. The highest BCUT2D eigenvalue weighted by atomic mass is 15.3. The predicted octanol–water partition coefficient (Wildman–Crippen LogP) is 5.67. The smallest absolute Gasteiger partial charge is 0.111 e. The topological polar surface area (TPSA) is 35.2 Å². The molecule has 1 aliphatic rings. The largest absolute Gasteiger partial charge is 0.369 e. The summed E-state index contributed by atoms with van der Waals surface area (Å²) in [6.07, 6.45) is 1.88. The third-order valence-electron chi connectivity index (χ3n) is 7.04. The molecule has 0 saturated carbocycles. The van der Waals surface area contributed by atoms with Crippen LogP contribution in [0.1, 0.15) is 17.0 Å². The van der Waals surface area contributed by atoms with Crippen molar-refractivity contribution in [2.45, 2.75) is 12.8 Å². The Balaban J connectivity index is 1.10. The van der Waals surface area contributed by atoms with Crippen molar-refractivity contribution in [3.8, 4) is 0 Å². The minimum absolute atomic E-state index is 0.817. The lowest BCUT2D eigenvalue weighted by Crippen LogP contribution is -2.46. The van der Waals surface area contributed by atoms with E-state index in [2.05, 4.69) is 106 Å². The minimum Gasteiger partial charge on any atom is -0.369 e. The van der Waals surface area contributed by atoms with Gasteiger partial charge in [-0.1, -0.05) is 66.7 Å². The fourth-order valence-electron chi connectivity index (χ4n) is 5.13. The van der Waals surface area contributed by atoms with Crippen molar-refractivity contribution < 1.29 is 0 Å². The number of anilines is 1. The fraction of sp³-hybridized carbons (Fsp3) is 0.233. The first kappa shape index (κ1) is 20.9. The molecule has 1 saturated heterocycles. The normalized spacial score (nSPS) is 14.8. The lowest BCUT2D eigenvalue weighted by molar-refractivity contribution is 0.261. The average molecular weight is 447 g/mol. The molecule has 5 aromatic rings. The van der Waals surface area contributed by atoms with Crippen molar-refractivity contribution in [1.29, 1.82) is 0 Å². The average Bonchev–Trinajstić information content (AvgIpc) is 3.30. The number of aromatic nitrogens is 2. The molecular weight excluding hydrogens is 416 g/mol. The van der Waals surface area contributed by atoms with Gasteiger partial charge >= 0.3 is 0 Å².